The van der Waals surface area contributed by atoms with E-state index in [1.54, 1.807) is 6.92 Å². The molecule has 0 fully saturated rings. The molecular formula is C20H16BrF6N6O4+. The van der Waals surface area contributed by atoms with E-state index in [0.717, 1.165) is 17.5 Å². The van der Waals surface area contributed by atoms with Gasteiger partial charge in [-0.2, -0.15) is 26.3 Å². The van der Waals surface area contributed by atoms with Crippen molar-refractivity contribution in [2.75, 3.05) is 5.33 Å². The molecule has 0 radical (unpaired) electrons. The van der Waals surface area contributed by atoms with E-state index in [1.165, 1.54) is 29.1 Å². The standard InChI is InChI=1S/C10H8F3N3O2.C8H4F3N3O2.C2H4Br/c1-2-16-4-3-6(5-7(16)17)8-14-15-9(18-8)10(11,12)13;9-8(10,11)7-14-13-6(16-7)4-1-2-12-5(15)3-4;1-2-3/h3-5H,2H2,1H3;1-3H,(H,12,15);1-2H2/q;;+1. The summed E-state index contributed by atoms with van der Waals surface area (Å²) < 4.78 is 83.4. The van der Waals surface area contributed by atoms with Crippen LogP contribution in [0.3, 0.4) is 0 Å². The van der Waals surface area contributed by atoms with Crippen LogP contribution in [-0.2, 0) is 18.9 Å². The van der Waals surface area contributed by atoms with Crippen LogP contribution in [0, 0.1) is 6.92 Å². The Morgan fingerprint density at radius 1 is 0.919 bits per heavy atom. The predicted molar refractivity (Wildman–Crippen MR) is 119 cm³/mol. The molecule has 0 aliphatic heterocycles. The van der Waals surface area contributed by atoms with Crippen molar-refractivity contribution in [1.82, 2.24) is 29.9 Å². The monoisotopic (exact) mass is 597 g/mol. The van der Waals surface area contributed by atoms with E-state index in [0.29, 0.717) is 6.54 Å². The summed E-state index contributed by atoms with van der Waals surface area (Å²) >= 11 is 3.03. The molecule has 198 valence electrons. The van der Waals surface area contributed by atoms with Crippen LogP contribution in [0.5, 0.6) is 0 Å². The molecule has 4 aromatic rings. The molecule has 0 saturated heterocycles. The number of alkyl halides is 7. The van der Waals surface area contributed by atoms with E-state index in [2.05, 4.69) is 57.1 Å². The molecule has 4 aromatic heterocycles. The molecule has 0 unspecified atom stereocenters. The molecule has 4 heterocycles. The van der Waals surface area contributed by atoms with Crippen LogP contribution in [0.1, 0.15) is 18.7 Å². The van der Waals surface area contributed by atoms with Crippen molar-refractivity contribution in [1.29, 1.82) is 0 Å². The Bertz CT molecular complexity index is 1410. The first-order valence-electron chi connectivity index (χ1n) is 9.86. The summed E-state index contributed by atoms with van der Waals surface area (Å²) in [7, 11) is 0. The minimum Gasteiger partial charge on any atom is -0.413 e. The third-order valence-electron chi connectivity index (χ3n) is 3.94. The second-order valence-electron chi connectivity index (χ2n) is 6.49. The van der Waals surface area contributed by atoms with Crippen LogP contribution in [-0.4, -0.2) is 35.3 Å². The lowest BCUT2D eigenvalue weighted by atomic mass is 10.2. The molecule has 0 saturated carbocycles. The van der Waals surface area contributed by atoms with Gasteiger partial charge in [0.2, 0.25) is 17.3 Å². The number of hydrogen-bond donors (Lipinski definition) is 1. The molecule has 0 aliphatic carbocycles. The Labute approximate surface area is 211 Å². The quantitative estimate of drug-likeness (QED) is 0.206. The van der Waals surface area contributed by atoms with Gasteiger partial charge in [-0.15, -0.1) is 20.4 Å². The number of aromatic amines is 1. The second kappa shape index (κ2) is 12.4. The lowest BCUT2D eigenvalue weighted by Crippen LogP contribution is -2.17. The maximum absolute atomic E-state index is 12.3. The van der Waals surface area contributed by atoms with Gasteiger partial charge in [-0.3, -0.25) is 9.59 Å². The molecule has 0 atom stereocenters. The highest BCUT2D eigenvalue weighted by Gasteiger charge is 2.39. The van der Waals surface area contributed by atoms with E-state index in [4.69, 9.17) is 0 Å². The molecule has 0 amide bonds. The van der Waals surface area contributed by atoms with Gasteiger partial charge in [-0.25, -0.2) is 0 Å². The van der Waals surface area contributed by atoms with Crippen molar-refractivity contribution in [3.63, 3.8) is 0 Å². The first kappa shape index (κ1) is 29.3. The molecular weight excluding hydrogens is 582 g/mol. The number of halogens is 7. The lowest BCUT2D eigenvalue weighted by Gasteiger charge is -2.01. The Kier molecular flexibility index (Phi) is 9.81. The van der Waals surface area contributed by atoms with E-state index >= 15 is 0 Å². The average Bonchev–Trinajstić information content (AvgIpc) is 3.50. The van der Waals surface area contributed by atoms with Crippen LogP contribution in [0.4, 0.5) is 26.3 Å². The van der Waals surface area contributed by atoms with E-state index < -0.39 is 29.7 Å². The van der Waals surface area contributed by atoms with Gasteiger partial charge in [0.1, 0.15) is 5.33 Å². The summed E-state index contributed by atoms with van der Waals surface area (Å²) in [6, 6.07) is 5.01. The van der Waals surface area contributed by atoms with Gasteiger partial charge in [-0.05, 0) is 35.0 Å². The lowest BCUT2D eigenvalue weighted by molar-refractivity contribution is -0.157. The Balaban J connectivity index is 0.000000237. The number of aromatic nitrogens is 6. The molecule has 1 N–H and O–H groups in total. The number of hydrogen-bond acceptors (Lipinski definition) is 8. The van der Waals surface area contributed by atoms with Gasteiger partial charge < -0.3 is 18.4 Å². The fourth-order valence-electron chi connectivity index (χ4n) is 2.39. The fourth-order valence-corrected chi connectivity index (χ4v) is 2.39. The zero-order chi connectivity index (χ0) is 27.8. The van der Waals surface area contributed by atoms with Gasteiger partial charge in [0.15, 0.2) is 0 Å². The normalized spacial score (nSPS) is 11.2. The Morgan fingerprint density at radius 2 is 1.41 bits per heavy atom. The molecule has 0 aliphatic rings. The summed E-state index contributed by atoms with van der Waals surface area (Å²) in [5.74, 6) is -3.55. The van der Waals surface area contributed by atoms with Crippen molar-refractivity contribution in [3.05, 3.63) is 76.1 Å². The van der Waals surface area contributed by atoms with Crippen molar-refractivity contribution in [3.8, 4) is 22.9 Å². The molecule has 10 nitrogen and oxygen atoms in total. The first-order chi connectivity index (χ1) is 17.3. The SMILES string of the molecule is CCn1ccc(-c2nnc(C(F)(F)F)o2)cc1=O.O=c1cc(-c2nnc(C(F)(F)F)o2)cc[nH]1.[CH2+]CBr. The molecule has 0 aromatic carbocycles. The van der Waals surface area contributed by atoms with E-state index in [9.17, 15) is 35.9 Å². The zero-order valence-electron chi connectivity index (χ0n) is 18.6. The second-order valence-corrected chi connectivity index (χ2v) is 7.28. The van der Waals surface area contributed by atoms with Gasteiger partial charge in [0, 0.05) is 42.2 Å². The highest BCUT2D eigenvalue weighted by Crippen LogP contribution is 2.30. The van der Waals surface area contributed by atoms with Crippen molar-refractivity contribution < 1.29 is 35.2 Å². The van der Waals surface area contributed by atoms with Gasteiger partial charge in [-0.1, -0.05) is 0 Å². The van der Waals surface area contributed by atoms with E-state index in [1.807, 2.05) is 0 Å². The Morgan fingerprint density at radius 3 is 1.78 bits per heavy atom. The predicted octanol–water partition coefficient (Wildman–Crippen LogP) is 4.60. The van der Waals surface area contributed by atoms with Crippen LogP contribution in [0.2, 0.25) is 0 Å². The molecule has 0 bridgehead atoms. The van der Waals surface area contributed by atoms with Crippen molar-refractivity contribution in [2.24, 2.45) is 0 Å². The number of H-pyrrole nitrogens is 1. The number of rotatable bonds is 3. The third-order valence-corrected chi connectivity index (χ3v) is 3.94. The minimum atomic E-state index is -4.69. The zero-order valence-corrected chi connectivity index (χ0v) is 20.2. The van der Waals surface area contributed by atoms with Gasteiger partial charge >= 0.3 is 24.1 Å². The highest BCUT2D eigenvalue weighted by atomic mass is 79.9. The maximum atomic E-state index is 12.3. The summed E-state index contributed by atoms with van der Waals surface area (Å²) in [5, 5.41) is 13.0. The molecule has 37 heavy (non-hydrogen) atoms. The number of pyridine rings is 2. The fraction of sp³-hybridized carbons (Fsp3) is 0.250. The topological polar surface area (TPSA) is 133 Å². The first-order valence-corrected chi connectivity index (χ1v) is 11.0. The van der Waals surface area contributed by atoms with Crippen LogP contribution >= 0.6 is 15.9 Å². The van der Waals surface area contributed by atoms with Crippen molar-refractivity contribution in [2.45, 2.75) is 25.8 Å². The number of nitrogens with one attached hydrogen (secondary N) is 1. The van der Waals surface area contributed by atoms with Crippen LogP contribution < -0.4 is 11.1 Å². The molecule has 17 heteroatoms. The summed E-state index contributed by atoms with van der Waals surface area (Å²) in [6.45, 7) is 5.65. The van der Waals surface area contributed by atoms with Gasteiger partial charge in [0.25, 0.3) is 5.56 Å². The average molecular weight is 598 g/mol. The highest BCUT2D eigenvalue weighted by molar-refractivity contribution is 9.09. The summed E-state index contributed by atoms with van der Waals surface area (Å²) in [6.07, 6.45) is -6.65. The Hall–Kier alpha value is -3.89. The van der Waals surface area contributed by atoms with Crippen LogP contribution in [0.25, 0.3) is 22.9 Å². The third kappa shape index (κ3) is 8.33. The largest absolute Gasteiger partial charge is 0.470 e. The summed E-state index contributed by atoms with van der Waals surface area (Å²) in [5.41, 5.74) is -0.523. The van der Waals surface area contributed by atoms with Gasteiger partial charge in [0.05, 0.1) is 6.92 Å². The number of aryl methyl sites for hydroxylation is 1. The van der Waals surface area contributed by atoms with E-state index in [-0.39, 0.29) is 28.5 Å². The summed E-state index contributed by atoms with van der Waals surface area (Å²) in [4.78, 5) is 24.7. The molecule has 0 spiro atoms. The molecule has 4 rings (SSSR count). The van der Waals surface area contributed by atoms with Crippen molar-refractivity contribution >= 4 is 15.9 Å². The smallest absolute Gasteiger partial charge is 0.413 e. The minimum absolute atomic E-state index is 0.131. The van der Waals surface area contributed by atoms with Crippen LogP contribution in [0.15, 0.2) is 55.1 Å². The maximum Gasteiger partial charge on any atom is 0.470 e. The number of nitrogens with zero attached hydrogens (tertiary/aromatic N) is 5.